The molecular formula is C38H25Cl. The van der Waals surface area contributed by atoms with Gasteiger partial charge in [0.05, 0.1) is 5.41 Å². The Bertz CT molecular complexity index is 1820. The first-order valence-electron chi connectivity index (χ1n) is 13.5. The summed E-state index contributed by atoms with van der Waals surface area (Å²) in [5.74, 6) is 0.237. The van der Waals surface area contributed by atoms with E-state index < -0.39 is 5.41 Å². The van der Waals surface area contributed by atoms with Gasteiger partial charge in [0.1, 0.15) is 0 Å². The Morgan fingerprint density at radius 1 is 0.436 bits per heavy atom. The summed E-state index contributed by atoms with van der Waals surface area (Å²) in [4.78, 5) is 0. The van der Waals surface area contributed by atoms with E-state index in [0.29, 0.717) is 0 Å². The van der Waals surface area contributed by atoms with Crippen molar-refractivity contribution >= 4 is 11.6 Å². The minimum absolute atomic E-state index is 0.237. The Hall–Kier alpha value is -4.39. The van der Waals surface area contributed by atoms with Crippen molar-refractivity contribution in [3.8, 4) is 22.3 Å². The smallest absolute Gasteiger partial charge is 0.0713 e. The maximum Gasteiger partial charge on any atom is 0.0713 e. The van der Waals surface area contributed by atoms with E-state index >= 15 is 0 Å². The lowest BCUT2D eigenvalue weighted by atomic mass is 9.67. The first kappa shape index (κ1) is 22.6. The maximum atomic E-state index is 6.42. The van der Waals surface area contributed by atoms with Crippen LogP contribution in [0.4, 0.5) is 0 Å². The zero-order valence-corrected chi connectivity index (χ0v) is 22.1. The fourth-order valence-corrected chi connectivity index (χ4v) is 7.29. The fraction of sp³-hybridized carbons (Fsp3) is 0.0526. The van der Waals surface area contributed by atoms with Crippen molar-refractivity contribution in [2.24, 2.45) is 0 Å². The molecule has 0 saturated heterocycles. The van der Waals surface area contributed by atoms with Crippen molar-refractivity contribution in [1.82, 2.24) is 0 Å². The van der Waals surface area contributed by atoms with Crippen LogP contribution in [0.25, 0.3) is 22.3 Å². The van der Waals surface area contributed by atoms with Crippen LogP contribution in [0, 0.1) is 0 Å². The van der Waals surface area contributed by atoms with Crippen LogP contribution in [-0.4, -0.2) is 0 Å². The second kappa shape index (κ2) is 8.56. The molecule has 0 aliphatic heterocycles. The molecule has 0 bridgehead atoms. The van der Waals surface area contributed by atoms with Gasteiger partial charge in [-0.25, -0.2) is 0 Å². The second-order valence-electron chi connectivity index (χ2n) is 10.6. The molecule has 39 heavy (non-hydrogen) atoms. The predicted octanol–water partition coefficient (Wildman–Crippen LogP) is 9.86. The number of rotatable bonds is 3. The molecule has 0 N–H and O–H groups in total. The van der Waals surface area contributed by atoms with E-state index in [-0.39, 0.29) is 5.92 Å². The Morgan fingerprint density at radius 2 is 0.974 bits per heavy atom. The fourth-order valence-electron chi connectivity index (χ4n) is 7.16. The molecule has 8 rings (SSSR count). The molecule has 1 heteroatoms. The highest BCUT2D eigenvalue weighted by Gasteiger charge is 2.46. The first-order valence-corrected chi connectivity index (χ1v) is 13.9. The lowest BCUT2D eigenvalue weighted by Gasteiger charge is -2.34. The SMILES string of the molecule is Clc1ccc(C2(c3ccc4c(c3)-c3ccccc3C4c3ccccc3)c3ccccc3-c3ccccc32)cc1. The van der Waals surface area contributed by atoms with Crippen LogP contribution in [-0.2, 0) is 5.41 Å². The first-order chi connectivity index (χ1) is 19.3. The summed E-state index contributed by atoms with van der Waals surface area (Å²) in [5.41, 5.74) is 14.0. The van der Waals surface area contributed by atoms with Crippen molar-refractivity contribution in [3.05, 3.63) is 190 Å². The number of hydrogen-bond acceptors (Lipinski definition) is 0. The van der Waals surface area contributed by atoms with E-state index in [1.165, 1.54) is 61.2 Å². The lowest BCUT2D eigenvalue weighted by molar-refractivity contribution is 0.768. The van der Waals surface area contributed by atoms with Crippen LogP contribution in [0.5, 0.6) is 0 Å². The maximum absolute atomic E-state index is 6.42. The molecule has 0 fully saturated rings. The van der Waals surface area contributed by atoms with Crippen molar-refractivity contribution < 1.29 is 0 Å². The third kappa shape index (κ3) is 3.13. The summed E-state index contributed by atoms with van der Waals surface area (Å²) in [5, 5.41) is 0.752. The van der Waals surface area contributed by atoms with Gasteiger partial charge in [-0.05, 0) is 79.4 Å². The number of fused-ring (bicyclic) bond motifs is 6. The molecule has 1 atom stereocenters. The molecule has 1 unspecified atom stereocenters. The van der Waals surface area contributed by atoms with Gasteiger partial charge in [0.2, 0.25) is 0 Å². The lowest BCUT2D eigenvalue weighted by Crippen LogP contribution is -2.28. The van der Waals surface area contributed by atoms with Gasteiger partial charge in [0, 0.05) is 10.9 Å². The average Bonchev–Trinajstić information content (AvgIpc) is 3.49. The standard InChI is InChI=1S/C38H25Cl/c39-28-21-18-26(19-22-28)38(35-16-8-6-13-30(35)31-14-7-9-17-36(31)38)27-20-23-33-34(24-27)29-12-4-5-15-32(29)37(33)25-10-2-1-3-11-25/h1-24,37H. The zero-order chi connectivity index (χ0) is 26.0. The quantitative estimate of drug-likeness (QED) is 0.219. The van der Waals surface area contributed by atoms with Gasteiger partial charge in [0.25, 0.3) is 0 Å². The van der Waals surface area contributed by atoms with E-state index in [4.69, 9.17) is 11.6 Å². The average molecular weight is 517 g/mol. The predicted molar refractivity (Wildman–Crippen MR) is 162 cm³/mol. The second-order valence-corrected chi connectivity index (χ2v) is 11.0. The van der Waals surface area contributed by atoms with Crippen molar-refractivity contribution in [3.63, 3.8) is 0 Å². The number of benzene rings is 6. The van der Waals surface area contributed by atoms with Gasteiger partial charge in [-0.3, -0.25) is 0 Å². The normalized spacial score (nSPS) is 15.8. The Kier molecular flexibility index (Phi) is 4.96. The van der Waals surface area contributed by atoms with Gasteiger partial charge >= 0.3 is 0 Å². The summed E-state index contributed by atoms with van der Waals surface area (Å²) >= 11 is 6.42. The highest BCUT2D eigenvalue weighted by molar-refractivity contribution is 6.30. The van der Waals surface area contributed by atoms with E-state index in [2.05, 4.69) is 133 Å². The minimum atomic E-state index is -0.438. The van der Waals surface area contributed by atoms with Gasteiger partial charge in [-0.15, -0.1) is 0 Å². The molecule has 6 aromatic rings. The molecule has 0 saturated carbocycles. The summed E-state index contributed by atoms with van der Waals surface area (Å²) in [6.07, 6.45) is 0. The Morgan fingerprint density at radius 3 is 1.67 bits per heavy atom. The molecule has 2 aliphatic rings. The van der Waals surface area contributed by atoms with Crippen LogP contribution in [0.2, 0.25) is 5.02 Å². The summed E-state index contributed by atoms with van der Waals surface area (Å²) in [6, 6.07) is 53.2. The molecule has 184 valence electrons. The summed E-state index contributed by atoms with van der Waals surface area (Å²) in [6.45, 7) is 0. The van der Waals surface area contributed by atoms with Crippen LogP contribution in [0.15, 0.2) is 146 Å². The molecule has 0 aromatic heterocycles. The van der Waals surface area contributed by atoms with Crippen LogP contribution in [0.1, 0.15) is 44.9 Å². The number of halogens is 1. The Labute approximate surface area is 234 Å². The molecule has 0 amide bonds. The third-order valence-corrected chi connectivity index (χ3v) is 8.97. The molecule has 6 aromatic carbocycles. The molecule has 0 spiro atoms. The monoisotopic (exact) mass is 516 g/mol. The summed E-state index contributed by atoms with van der Waals surface area (Å²) in [7, 11) is 0. The molecule has 2 aliphatic carbocycles. The van der Waals surface area contributed by atoms with Gasteiger partial charge in [-0.2, -0.15) is 0 Å². The van der Waals surface area contributed by atoms with Crippen molar-refractivity contribution in [2.75, 3.05) is 0 Å². The van der Waals surface area contributed by atoms with Crippen molar-refractivity contribution in [1.29, 1.82) is 0 Å². The molecule has 0 radical (unpaired) electrons. The largest absolute Gasteiger partial charge is 0.0843 e. The van der Waals surface area contributed by atoms with Crippen LogP contribution < -0.4 is 0 Å². The van der Waals surface area contributed by atoms with Gasteiger partial charge in [-0.1, -0.05) is 139 Å². The third-order valence-electron chi connectivity index (χ3n) is 8.72. The van der Waals surface area contributed by atoms with Crippen LogP contribution in [0.3, 0.4) is 0 Å². The highest BCUT2D eigenvalue weighted by atomic mass is 35.5. The molecule has 0 heterocycles. The minimum Gasteiger partial charge on any atom is -0.0843 e. The van der Waals surface area contributed by atoms with Crippen LogP contribution >= 0.6 is 11.6 Å². The van der Waals surface area contributed by atoms with E-state index in [9.17, 15) is 0 Å². The van der Waals surface area contributed by atoms with Gasteiger partial charge in [0.15, 0.2) is 0 Å². The van der Waals surface area contributed by atoms with E-state index in [1.807, 2.05) is 12.1 Å². The topological polar surface area (TPSA) is 0 Å². The highest BCUT2D eigenvalue weighted by Crippen LogP contribution is 2.57. The van der Waals surface area contributed by atoms with E-state index in [1.54, 1.807) is 0 Å². The molecule has 0 nitrogen and oxygen atoms in total. The van der Waals surface area contributed by atoms with Gasteiger partial charge < -0.3 is 0 Å². The molecular weight excluding hydrogens is 492 g/mol. The summed E-state index contributed by atoms with van der Waals surface area (Å²) < 4.78 is 0. The van der Waals surface area contributed by atoms with Crippen molar-refractivity contribution in [2.45, 2.75) is 11.3 Å². The Balaban J connectivity index is 1.45. The van der Waals surface area contributed by atoms with E-state index in [0.717, 1.165) is 5.02 Å². The number of hydrogen-bond donors (Lipinski definition) is 0. The zero-order valence-electron chi connectivity index (χ0n) is 21.3.